The fourth-order valence-electron chi connectivity index (χ4n) is 3.78. The Kier molecular flexibility index (Phi) is 7.32. The van der Waals surface area contributed by atoms with Gasteiger partial charge in [0.1, 0.15) is 0 Å². The average Bonchev–Trinajstić information content (AvgIpc) is 2.89. The van der Waals surface area contributed by atoms with E-state index >= 15 is 0 Å². The third-order valence-corrected chi connectivity index (χ3v) is 10.3. The first-order chi connectivity index (χ1) is 16.7. The maximum atomic E-state index is 6.19. The fraction of sp³-hybridized carbons (Fsp3) is 0. The Morgan fingerprint density at radius 2 is 0.529 bits per heavy atom. The molecule has 0 aliphatic rings. The van der Waals surface area contributed by atoms with E-state index in [0.29, 0.717) is 0 Å². The van der Waals surface area contributed by atoms with Gasteiger partial charge in [-0.15, -0.1) is 0 Å². The lowest BCUT2D eigenvalue weighted by Gasteiger charge is -2.10. The van der Waals surface area contributed by atoms with E-state index in [2.05, 4.69) is 109 Å². The summed E-state index contributed by atoms with van der Waals surface area (Å²) in [6.45, 7) is 0. The summed E-state index contributed by atoms with van der Waals surface area (Å²) in [5, 5.41) is 1.51. The molecule has 34 heavy (non-hydrogen) atoms. The molecular weight excluding hydrogens is 495 g/mol. The molecule has 0 amide bonds. The summed E-state index contributed by atoms with van der Waals surface area (Å²) in [7, 11) is -0.419. The Labute approximate surface area is 216 Å². The predicted molar refractivity (Wildman–Crippen MR) is 147 cm³/mol. The highest BCUT2D eigenvalue weighted by atomic mass is 35.5. The van der Waals surface area contributed by atoms with E-state index in [1.807, 2.05) is 24.3 Å². The first kappa shape index (κ1) is 23.1. The molecule has 5 aromatic rings. The second kappa shape index (κ2) is 10.8. The van der Waals surface area contributed by atoms with Crippen LogP contribution in [0.15, 0.2) is 163 Å². The summed E-state index contributed by atoms with van der Waals surface area (Å²) in [6.07, 6.45) is 0. The molecule has 0 fully saturated rings. The molecule has 0 radical (unpaired) electrons. The third-order valence-electron chi connectivity index (χ3n) is 5.35. The van der Waals surface area contributed by atoms with Crippen LogP contribution < -0.4 is 0 Å². The quantitative estimate of drug-likeness (QED) is 0.197. The molecule has 0 N–H and O–H groups in total. The normalized spacial score (nSPS) is 12.8. The van der Waals surface area contributed by atoms with Gasteiger partial charge in [-0.25, -0.2) is 0 Å². The summed E-state index contributed by atoms with van der Waals surface area (Å²) < 4.78 is 0. The summed E-state index contributed by atoms with van der Waals surface area (Å²) in [5.74, 6) is 0. The molecule has 2 unspecified atom stereocenters. The van der Waals surface area contributed by atoms with Crippen LogP contribution in [0.25, 0.3) is 0 Å². The van der Waals surface area contributed by atoms with Crippen LogP contribution in [0.3, 0.4) is 0 Å². The van der Waals surface area contributed by atoms with Gasteiger partial charge in [-0.1, -0.05) is 59.6 Å². The van der Waals surface area contributed by atoms with Gasteiger partial charge in [-0.2, -0.15) is 0 Å². The Bertz CT molecular complexity index is 1230. The summed E-state index contributed by atoms with van der Waals surface area (Å²) in [6, 6.07) is 46.9. The van der Waals surface area contributed by atoms with Crippen molar-refractivity contribution >= 4 is 45.0 Å². The summed E-state index contributed by atoms with van der Waals surface area (Å²) in [4.78, 5) is 7.65. The zero-order chi connectivity index (χ0) is 23.3. The Hall–Kier alpha value is -2.62. The first-order valence-corrected chi connectivity index (χ1v) is 14.1. The van der Waals surface area contributed by atoms with Crippen molar-refractivity contribution in [3.63, 3.8) is 0 Å². The molecular formula is C30H22Cl2S2+2. The van der Waals surface area contributed by atoms with Gasteiger partial charge in [0.25, 0.3) is 0 Å². The lowest BCUT2D eigenvalue weighted by atomic mass is 10.3. The number of halogens is 2. The third kappa shape index (κ3) is 5.21. The Morgan fingerprint density at radius 3 is 0.824 bits per heavy atom. The molecule has 0 spiro atoms. The van der Waals surface area contributed by atoms with E-state index in [-0.39, 0.29) is 21.8 Å². The topological polar surface area (TPSA) is 0 Å². The molecule has 166 valence electrons. The van der Waals surface area contributed by atoms with Crippen molar-refractivity contribution in [2.45, 2.75) is 29.4 Å². The molecule has 2 atom stereocenters. The molecule has 0 heterocycles. The number of hydrogen-bond donors (Lipinski definition) is 0. The highest BCUT2D eigenvalue weighted by Gasteiger charge is 2.32. The van der Waals surface area contributed by atoms with Crippen LogP contribution in [0.5, 0.6) is 0 Å². The number of hydrogen-bond acceptors (Lipinski definition) is 0. The van der Waals surface area contributed by atoms with Crippen molar-refractivity contribution < 1.29 is 0 Å². The monoisotopic (exact) mass is 516 g/mol. The highest BCUT2D eigenvalue weighted by molar-refractivity contribution is 7.97. The van der Waals surface area contributed by atoms with E-state index in [4.69, 9.17) is 23.2 Å². The fourth-order valence-corrected chi connectivity index (χ4v) is 8.16. The van der Waals surface area contributed by atoms with Crippen molar-refractivity contribution in [3.05, 3.63) is 144 Å². The Morgan fingerprint density at radius 1 is 0.294 bits per heavy atom. The lowest BCUT2D eigenvalue weighted by molar-refractivity contribution is 1.26. The van der Waals surface area contributed by atoms with Gasteiger partial charge in [0.2, 0.25) is 0 Å². The van der Waals surface area contributed by atoms with Crippen LogP contribution in [0.1, 0.15) is 0 Å². The highest BCUT2D eigenvalue weighted by Crippen LogP contribution is 2.35. The second-order valence-corrected chi connectivity index (χ2v) is 12.5. The van der Waals surface area contributed by atoms with Crippen molar-refractivity contribution in [2.75, 3.05) is 0 Å². The molecule has 0 bridgehead atoms. The Balaban J connectivity index is 1.57. The molecule has 4 heteroatoms. The molecule has 0 saturated heterocycles. The van der Waals surface area contributed by atoms with Gasteiger partial charge in [-0.3, -0.25) is 0 Å². The van der Waals surface area contributed by atoms with Gasteiger partial charge >= 0.3 is 0 Å². The van der Waals surface area contributed by atoms with Crippen molar-refractivity contribution in [1.29, 1.82) is 0 Å². The smallest absolute Gasteiger partial charge is 0.0843 e. The molecule has 0 nitrogen and oxygen atoms in total. The standard InChI is InChI=1S/C30H22Cl2S2/c31-23-11-15-27(16-12-23)33(25-7-3-1-4-8-25)29-19-21-30(22-20-29)34(26-9-5-2-6-10-26)28-17-13-24(32)14-18-28/h1-22H/q+2. The minimum Gasteiger partial charge on any atom is -0.0843 e. The first-order valence-electron chi connectivity index (χ1n) is 10.9. The largest absolute Gasteiger partial charge is 0.166 e. The lowest BCUT2D eigenvalue weighted by Crippen LogP contribution is -2.07. The molecule has 0 aliphatic carbocycles. The van der Waals surface area contributed by atoms with Crippen LogP contribution in [0.2, 0.25) is 10.0 Å². The van der Waals surface area contributed by atoms with Crippen LogP contribution in [0.4, 0.5) is 0 Å². The predicted octanol–water partition coefficient (Wildman–Crippen LogP) is 9.18. The van der Waals surface area contributed by atoms with E-state index in [1.165, 1.54) is 29.4 Å². The van der Waals surface area contributed by atoms with Crippen molar-refractivity contribution in [3.8, 4) is 0 Å². The van der Waals surface area contributed by atoms with Gasteiger partial charge in [0.05, 0.1) is 21.8 Å². The average molecular weight is 518 g/mol. The van der Waals surface area contributed by atoms with Crippen molar-refractivity contribution in [1.82, 2.24) is 0 Å². The number of rotatable bonds is 6. The SMILES string of the molecule is Clc1ccc([S+](c2ccccc2)c2ccc([S+](c3ccccc3)c3ccc(Cl)cc3)cc2)cc1. The van der Waals surface area contributed by atoms with Crippen LogP contribution in [-0.4, -0.2) is 0 Å². The van der Waals surface area contributed by atoms with Gasteiger partial charge < -0.3 is 0 Å². The van der Waals surface area contributed by atoms with Gasteiger partial charge in [-0.05, 0) is 97.1 Å². The maximum Gasteiger partial charge on any atom is 0.166 e. The van der Waals surface area contributed by atoms with E-state index in [9.17, 15) is 0 Å². The molecule has 5 rings (SSSR count). The van der Waals surface area contributed by atoms with E-state index in [1.54, 1.807) is 0 Å². The maximum absolute atomic E-state index is 6.19. The second-order valence-electron chi connectivity index (χ2n) is 7.62. The minimum atomic E-state index is -0.209. The van der Waals surface area contributed by atoms with Crippen LogP contribution in [0, 0.1) is 0 Å². The van der Waals surface area contributed by atoms with E-state index in [0.717, 1.165) is 10.0 Å². The molecule has 0 aliphatic heterocycles. The zero-order valence-electron chi connectivity index (χ0n) is 18.3. The van der Waals surface area contributed by atoms with Crippen molar-refractivity contribution in [2.24, 2.45) is 0 Å². The van der Waals surface area contributed by atoms with Crippen LogP contribution in [-0.2, 0) is 21.8 Å². The van der Waals surface area contributed by atoms with Gasteiger partial charge in [0.15, 0.2) is 29.4 Å². The van der Waals surface area contributed by atoms with Crippen LogP contribution >= 0.6 is 23.2 Å². The van der Waals surface area contributed by atoms with E-state index < -0.39 is 0 Å². The molecule has 0 saturated carbocycles. The minimum absolute atomic E-state index is 0.209. The zero-order valence-corrected chi connectivity index (χ0v) is 21.4. The molecule has 0 aromatic heterocycles. The summed E-state index contributed by atoms with van der Waals surface area (Å²) in [5.41, 5.74) is 0. The number of benzene rings is 5. The van der Waals surface area contributed by atoms with Gasteiger partial charge in [0, 0.05) is 10.0 Å². The molecule has 5 aromatic carbocycles. The summed E-state index contributed by atoms with van der Waals surface area (Å²) >= 11 is 12.4.